The van der Waals surface area contributed by atoms with E-state index in [-0.39, 0.29) is 29.5 Å². The van der Waals surface area contributed by atoms with Gasteiger partial charge in [-0.3, -0.25) is 14.9 Å². The average molecular weight is 393 g/mol. The second-order valence-corrected chi connectivity index (χ2v) is 7.10. The summed E-state index contributed by atoms with van der Waals surface area (Å²) in [5.41, 5.74) is 0.301. The minimum absolute atomic E-state index is 0.0146. The van der Waals surface area contributed by atoms with Crippen LogP contribution in [0.2, 0.25) is 0 Å². The molecule has 0 radical (unpaired) electrons. The largest absolute Gasteiger partial charge is 0.351 e. The van der Waals surface area contributed by atoms with Crippen molar-refractivity contribution in [2.24, 2.45) is 0 Å². The number of carbonyl (C=O) groups excluding carboxylic acids is 1. The van der Waals surface area contributed by atoms with E-state index in [0.717, 1.165) is 6.07 Å². The maximum atomic E-state index is 12.8. The lowest BCUT2D eigenvalue weighted by atomic mass is 10.2. The smallest absolute Gasteiger partial charge is 0.270 e. The molecule has 2 N–H and O–H groups in total. The number of halogens is 1. The average Bonchev–Trinajstić information content (AvgIpc) is 2.65. The molecule has 0 bridgehead atoms. The molecule has 0 aromatic heterocycles. The number of nitrogens with one attached hydrogen (secondary N) is 2. The summed E-state index contributed by atoms with van der Waals surface area (Å²) in [7, 11) is -3.93. The molecule has 0 fully saturated rings. The second-order valence-electron chi connectivity index (χ2n) is 5.33. The maximum absolute atomic E-state index is 12.8. The van der Waals surface area contributed by atoms with Crippen molar-refractivity contribution in [3.05, 3.63) is 76.1 Å². The quantitative estimate of drug-likeness (QED) is 0.307. The van der Waals surface area contributed by atoms with Gasteiger partial charge in [0.05, 0.1) is 9.82 Å². The van der Waals surface area contributed by atoms with Gasteiger partial charge in [0.1, 0.15) is 5.82 Å². The van der Waals surface area contributed by atoms with E-state index in [1.165, 1.54) is 54.6 Å². The van der Waals surface area contributed by atoms with Crippen molar-refractivity contribution in [1.29, 1.82) is 0 Å². The number of rotatable bonds is 8. The van der Waals surface area contributed by atoms with E-state index >= 15 is 0 Å². The Morgan fingerprint density at radius 1 is 1.15 bits per heavy atom. The normalized spacial score (nSPS) is 11.4. The molecule has 0 heterocycles. The fourth-order valence-corrected chi connectivity index (χ4v) is 3.09. The van der Waals surface area contributed by atoms with Crippen LogP contribution in [-0.4, -0.2) is 32.3 Å². The monoisotopic (exact) mass is 393 g/mol. The van der Waals surface area contributed by atoms with E-state index in [1.54, 1.807) is 0 Å². The van der Waals surface area contributed by atoms with Gasteiger partial charge in [0.2, 0.25) is 15.9 Å². The van der Waals surface area contributed by atoms with Crippen LogP contribution in [0.15, 0.2) is 59.5 Å². The van der Waals surface area contributed by atoms with Crippen LogP contribution in [-0.2, 0) is 14.8 Å². The van der Waals surface area contributed by atoms with Crippen LogP contribution in [0.1, 0.15) is 5.56 Å². The summed E-state index contributed by atoms with van der Waals surface area (Å²) >= 11 is 0. The van der Waals surface area contributed by atoms with Crippen molar-refractivity contribution in [2.45, 2.75) is 4.90 Å². The first-order valence-electron chi connectivity index (χ1n) is 7.73. The Labute approximate surface area is 154 Å². The number of hydrogen-bond donors (Lipinski definition) is 2. The topological polar surface area (TPSA) is 118 Å². The van der Waals surface area contributed by atoms with Crippen LogP contribution in [0, 0.1) is 15.9 Å². The van der Waals surface area contributed by atoms with Gasteiger partial charge < -0.3 is 5.32 Å². The van der Waals surface area contributed by atoms with Crippen LogP contribution in [0.5, 0.6) is 0 Å². The van der Waals surface area contributed by atoms with E-state index in [2.05, 4.69) is 10.0 Å². The van der Waals surface area contributed by atoms with Gasteiger partial charge in [0.25, 0.3) is 5.69 Å². The molecule has 1 amide bonds. The molecule has 142 valence electrons. The number of hydrogen-bond acceptors (Lipinski definition) is 5. The Bertz CT molecular complexity index is 959. The molecule has 0 unspecified atom stereocenters. The number of sulfonamides is 1. The maximum Gasteiger partial charge on any atom is 0.270 e. The van der Waals surface area contributed by atoms with E-state index in [4.69, 9.17) is 0 Å². The summed E-state index contributed by atoms with van der Waals surface area (Å²) in [6, 6.07) is 10.2. The predicted octanol–water partition coefficient (Wildman–Crippen LogP) is 1.84. The van der Waals surface area contributed by atoms with Gasteiger partial charge in [0.15, 0.2) is 0 Å². The lowest BCUT2D eigenvalue weighted by molar-refractivity contribution is -0.385. The van der Waals surface area contributed by atoms with Crippen molar-refractivity contribution in [1.82, 2.24) is 10.0 Å². The van der Waals surface area contributed by atoms with Gasteiger partial charge in [0, 0.05) is 31.3 Å². The SMILES string of the molecule is O=C(/C=C/c1ccc(F)cc1)NCCNS(=O)(=O)c1cccc([N+](=O)[O-])c1. The summed E-state index contributed by atoms with van der Waals surface area (Å²) in [5, 5.41) is 13.2. The van der Waals surface area contributed by atoms with E-state index in [9.17, 15) is 27.7 Å². The molecule has 0 spiro atoms. The number of non-ortho nitro benzene ring substituents is 1. The number of benzene rings is 2. The number of nitrogens with zero attached hydrogens (tertiary/aromatic N) is 1. The molecule has 10 heteroatoms. The minimum Gasteiger partial charge on any atom is -0.351 e. The number of nitro groups is 1. The van der Waals surface area contributed by atoms with Crippen molar-refractivity contribution in [3.63, 3.8) is 0 Å². The van der Waals surface area contributed by atoms with Crippen molar-refractivity contribution in [2.75, 3.05) is 13.1 Å². The molecule has 2 aromatic carbocycles. The first kappa shape index (κ1) is 20.2. The highest BCUT2D eigenvalue weighted by molar-refractivity contribution is 7.89. The Hall–Kier alpha value is -3.11. The van der Waals surface area contributed by atoms with Gasteiger partial charge in [-0.15, -0.1) is 0 Å². The highest BCUT2D eigenvalue weighted by atomic mass is 32.2. The minimum atomic E-state index is -3.93. The molecule has 2 rings (SSSR count). The Morgan fingerprint density at radius 2 is 1.85 bits per heavy atom. The van der Waals surface area contributed by atoms with Gasteiger partial charge in [-0.1, -0.05) is 18.2 Å². The van der Waals surface area contributed by atoms with Crippen LogP contribution in [0.4, 0.5) is 10.1 Å². The molecular weight excluding hydrogens is 377 g/mol. The zero-order valence-electron chi connectivity index (χ0n) is 14.0. The summed E-state index contributed by atoms with van der Waals surface area (Å²) < 4.78 is 39.2. The second kappa shape index (κ2) is 9.01. The first-order valence-corrected chi connectivity index (χ1v) is 9.22. The van der Waals surface area contributed by atoms with Crippen LogP contribution in [0.3, 0.4) is 0 Å². The van der Waals surface area contributed by atoms with E-state index in [1.807, 2.05) is 0 Å². The highest BCUT2D eigenvalue weighted by Crippen LogP contribution is 2.16. The third kappa shape index (κ3) is 6.28. The standard InChI is InChI=1S/C17H16FN3O5S/c18-14-7-4-13(5-8-14)6-9-17(22)19-10-11-20-27(25,26)16-3-1-2-15(12-16)21(23)24/h1-9,12,20H,10-11H2,(H,19,22)/b9-6+. The van der Waals surface area contributed by atoms with Crippen molar-refractivity contribution < 1.29 is 22.5 Å². The molecule has 0 aliphatic heterocycles. The predicted molar refractivity (Wildman–Crippen MR) is 96.7 cm³/mol. The lowest BCUT2D eigenvalue weighted by Gasteiger charge is -2.07. The molecule has 0 atom stereocenters. The fraction of sp³-hybridized carbons (Fsp3) is 0.118. The third-order valence-electron chi connectivity index (χ3n) is 3.35. The number of amides is 1. The van der Waals surface area contributed by atoms with Gasteiger partial charge in [-0.05, 0) is 29.8 Å². The summed E-state index contributed by atoms with van der Waals surface area (Å²) in [6.07, 6.45) is 2.73. The molecule has 8 nitrogen and oxygen atoms in total. The van der Waals surface area contributed by atoms with Gasteiger partial charge in [-0.25, -0.2) is 17.5 Å². The third-order valence-corrected chi connectivity index (χ3v) is 4.81. The Balaban J connectivity index is 1.83. The summed E-state index contributed by atoms with van der Waals surface area (Å²) in [4.78, 5) is 21.5. The number of carbonyl (C=O) groups is 1. The van der Waals surface area contributed by atoms with Crippen LogP contribution in [0.25, 0.3) is 6.08 Å². The molecule has 2 aromatic rings. The van der Waals surface area contributed by atoms with Crippen molar-refractivity contribution >= 4 is 27.7 Å². The number of nitro benzene ring substituents is 1. The molecule has 0 saturated heterocycles. The molecule has 0 saturated carbocycles. The van der Waals surface area contributed by atoms with Crippen LogP contribution < -0.4 is 10.0 Å². The van der Waals surface area contributed by atoms with Gasteiger partial charge >= 0.3 is 0 Å². The molecular formula is C17H16FN3O5S. The summed E-state index contributed by atoms with van der Waals surface area (Å²) in [5.74, 6) is -0.832. The zero-order chi connectivity index (χ0) is 19.9. The fourth-order valence-electron chi connectivity index (χ4n) is 2.02. The first-order chi connectivity index (χ1) is 12.8. The molecule has 27 heavy (non-hydrogen) atoms. The van der Waals surface area contributed by atoms with Crippen molar-refractivity contribution in [3.8, 4) is 0 Å². The zero-order valence-corrected chi connectivity index (χ0v) is 14.8. The Morgan fingerprint density at radius 3 is 2.52 bits per heavy atom. The highest BCUT2D eigenvalue weighted by Gasteiger charge is 2.16. The van der Waals surface area contributed by atoms with Gasteiger partial charge in [-0.2, -0.15) is 0 Å². The van der Waals surface area contributed by atoms with E-state index < -0.39 is 20.9 Å². The Kier molecular flexibility index (Phi) is 6.74. The van der Waals surface area contributed by atoms with Crippen LogP contribution >= 0.6 is 0 Å². The summed E-state index contributed by atoms with van der Waals surface area (Å²) in [6.45, 7) is -0.0814. The molecule has 0 aliphatic rings. The van der Waals surface area contributed by atoms with E-state index in [0.29, 0.717) is 5.56 Å². The molecule has 0 aliphatic carbocycles. The lowest BCUT2D eigenvalue weighted by Crippen LogP contribution is -2.34.